The highest BCUT2D eigenvalue weighted by Gasteiger charge is 2.50. The molecule has 0 radical (unpaired) electrons. The van der Waals surface area contributed by atoms with Crippen molar-refractivity contribution in [3.8, 4) is 6.07 Å². The Hall–Kier alpha value is -0.730. The van der Waals surface area contributed by atoms with Gasteiger partial charge in [0.1, 0.15) is 0 Å². The maximum Gasteiger partial charge on any atom is 0.185 e. The molecule has 1 saturated heterocycles. The van der Waals surface area contributed by atoms with E-state index in [0.717, 1.165) is 13.1 Å². The van der Waals surface area contributed by atoms with Gasteiger partial charge >= 0.3 is 0 Å². The van der Waals surface area contributed by atoms with Crippen molar-refractivity contribution in [2.75, 3.05) is 26.2 Å². The van der Waals surface area contributed by atoms with Gasteiger partial charge in [-0.05, 0) is 0 Å². The highest BCUT2D eigenvalue weighted by Crippen LogP contribution is 2.35. The lowest BCUT2D eigenvalue weighted by Gasteiger charge is -2.14. The Labute approximate surface area is 94.1 Å². The van der Waals surface area contributed by atoms with Crippen LogP contribution in [-0.4, -0.2) is 36.6 Å². The summed E-state index contributed by atoms with van der Waals surface area (Å²) in [6, 6.07) is 2.29. The van der Waals surface area contributed by atoms with Gasteiger partial charge in [-0.2, -0.15) is 15.5 Å². The maximum absolute atomic E-state index is 9.06. The molecule has 0 N–H and O–H groups in total. The van der Waals surface area contributed by atoms with Crippen LogP contribution in [0.1, 0.15) is 0 Å². The Kier molecular flexibility index (Phi) is 3.40. The molecule has 2 aliphatic rings. The lowest BCUT2D eigenvalue weighted by atomic mass is 9.91. The molecule has 0 aromatic heterocycles. The van der Waals surface area contributed by atoms with E-state index in [1.165, 1.54) is 0 Å². The van der Waals surface area contributed by atoms with Crippen LogP contribution >= 0.6 is 17.0 Å². The van der Waals surface area contributed by atoms with E-state index in [4.69, 9.17) is 5.26 Å². The summed E-state index contributed by atoms with van der Waals surface area (Å²) < 4.78 is 0. The van der Waals surface area contributed by atoms with Crippen molar-refractivity contribution in [1.82, 2.24) is 4.90 Å². The van der Waals surface area contributed by atoms with E-state index in [1.807, 2.05) is 6.08 Å². The van der Waals surface area contributed by atoms with Crippen molar-refractivity contribution < 1.29 is 0 Å². The molecule has 2 aliphatic heterocycles. The molecule has 2 rings (SSSR count). The van der Waals surface area contributed by atoms with E-state index in [-0.39, 0.29) is 17.0 Å². The summed E-state index contributed by atoms with van der Waals surface area (Å²) >= 11 is 0. The van der Waals surface area contributed by atoms with Gasteiger partial charge < -0.3 is 0 Å². The number of likely N-dealkylation sites (tertiary alicyclic amines) is 1. The Balaban J connectivity index is 0.000000980. The predicted molar refractivity (Wildman–Crippen MR) is 58.5 cm³/mol. The predicted octanol–water partition coefficient (Wildman–Crippen LogP) is 1.41. The first-order chi connectivity index (χ1) is 6.30. The lowest BCUT2D eigenvalue weighted by molar-refractivity contribution is 0.352. The molecule has 0 amide bonds. The van der Waals surface area contributed by atoms with Gasteiger partial charge in [0.2, 0.25) is 0 Å². The molecule has 0 saturated carbocycles. The Bertz CT molecular complexity index is 296. The molecule has 0 aromatic carbocycles. The third-order valence-corrected chi connectivity index (χ3v) is 2.75. The summed E-state index contributed by atoms with van der Waals surface area (Å²) in [5.74, 6) is 0.303. The highest BCUT2D eigenvalue weighted by atomic mass is 79.9. The maximum atomic E-state index is 9.06. The van der Waals surface area contributed by atoms with Crippen LogP contribution in [0.3, 0.4) is 0 Å². The van der Waals surface area contributed by atoms with E-state index >= 15 is 0 Å². The molecule has 1 fully saturated rings. The number of nitrogens with zero attached hydrogens (tertiary/aromatic N) is 4. The minimum absolute atomic E-state index is 0. The molecule has 0 aliphatic carbocycles. The third kappa shape index (κ3) is 1.60. The van der Waals surface area contributed by atoms with E-state index in [0.29, 0.717) is 19.0 Å². The first-order valence-corrected chi connectivity index (χ1v) is 4.44. The fraction of sp³-hybridized carbons (Fsp3) is 0.667. The van der Waals surface area contributed by atoms with Crippen LogP contribution in [0.15, 0.2) is 22.9 Å². The second-order valence-electron chi connectivity index (χ2n) is 3.64. The SMILES string of the molecule is Br.C=CCN1CC2CN=NC2(C#N)C1. The van der Waals surface area contributed by atoms with Gasteiger partial charge in [-0.25, -0.2) is 0 Å². The highest BCUT2D eigenvalue weighted by molar-refractivity contribution is 8.93. The molecule has 4 nitrogen and oxygen atoms in total. The molecule has 0 bridgehead atoms. The quantitative estimate of drug-likeness (QED) is 0.702. The normalized spacial score (nSPS) is 34.6. The molecule has 2 unspecified atom stereocenters. The van der Waals surface area contributed by atoms with Gasteiger partial charge in [-0.15, -0.1) is 23.6 Å². The van der Waals surface area contributed by atoms with Gasteiger partial charge in [0.15, 0.2) is 5.54 Å². The number of halogens is 1. The van der Waals surface area contributed by atoms with Crippen molar-refractivity contribution in [1.29, 1.82) is 5.26 Å². The summed E-state index contributed by atoms with van der Waals surface area (Å²) in [5.41, 5.74) is -0.539. The van der Waals surface area contributed by atoms with Crippen LogP contribution in [0.5, 0.6) is 0 Å². The lowest BCUT2D eigenvalue weighted by Crippen LogP contribution is -2.32. The van der Waals surface area contributed by atoms with Crippen molar-refractivity contribution in [3.05, 3.63) is 12.7 Å². The van der Waals surface area contributed by atoms with Crippen LogP contribution in [0, 0.1) is 17.2 Å². The minimum Gasteiger partial charge on any atom is -0.296 e. The molecular formula is C9H13BrN4. The second-order valence-corrected chi connectivity index (χ2v) is 3.64. The fourth-order valence-electron chi connectivity index (χ4n) is 2.06. The second kappa shape index (κ2) is 4.20. The van der Waals surface area contributed by atoms with Crippen LogP contribution in [0.4, 0.5) is 0 Å². The van der Waals surface area contributed by atoms with Crippen LogP contribution in [0.2, 0.25) is 0 Å². The summed E-state index contributed by atoms with van der Waals surface area (Å²) in [4.78, 5) is 2.21. The smallest absolute Gasteiger partial charge is 0.185 e. The number of hydrogen-bond donors (Lipinski definition) is 0. The summed E-state index contributed by atoms with van der Waals surface area (Å²) in [7, 11) is 0. The zero-order valence-electron chi connectivity index (χ0n) is 7.89. The molecule has 5 heteroatoms. The largest absolute Gasteiger partial charge is 0.296 e. The molecule has 76 valence electrons. The van der Waals surface area contributed by atoms with Gasteiger partial charge in [0.05, 0.1) is 12.6 Å². The van der Waals surface area contributed by atoms with Crippen LogP contribution in [0.25, 0.3) is 0 Å². The summed E-state index contributed by atoms with van der Waals surface area (Å²) in [6.07, 6.45) is 1.86. The molecule has 2 atom stereocenters. The number of azo groups is 1. The average molecular weight is 257 g/mol. The Morgan fingerprint density at radius 3 is 3.07 bits per heavy atom. The van der Waals surface area contributed by atoms with E-state index < -0.39 is 5.54 Å². The molecular weight excluding hydrogens is 244 g/mol. The monoisotopic (exact) mass is 256 g/mol. The van der Waals surface area contributed by atoms with E-state index in [2.05, 4.69) is 27.8 Å². The number of fused-ring (bicyclic) bond motifs is 1. The molecule has 0 aromatic rings. The van der Waals surface area contributed by atoms with E-state index in [1.54, 1.807) is 0 Å². The molecule has 2 heterocycles. The third-order valence-electron chi connectivity index (χ3n) is 2.75. The van der Waals surface area contributed by atoms with Gasteiger partial charge in [-0.1, -0.05) is 6.08 Å². The standard InChI is InChI=1S/C9H12N4.BrH/c1-2-3-13-5-8-4-11-12-9(8,6-10)7-13;/h2,8H,1,3-5,7H2;1H. The first kappa shape index (κ1) is 11.3. The van der Waals surface area contributed by atoms with Crippen LogP contribution in [-0.2, 0) is 0 Å². The number of hydrogen-bond acceptors (Lipinski definition) is 4. The Morgan fingerprint density at radius 1 is 1.71 bits per heavy atom. The summed E-state index contributed by atoms with van der Waals surface area (Å²) in [5, 5.41) is 17.1. The zero-order chi connectivity index (χ0) is 9.31. The van der Waals surface area contributed by atoms with Crippen molar-refractivity contribution >= 4 is 17.0 Å². The number of rotatable bonds is 2. The van der Waals surface area contributed by atoms with Crippen LogP contribution < -0.4 is 0 Å². The topological polar surface area (TPSA) is 51.8 Å². The van der Waals surface area contributed by atoms with E-state index in [9.17, 15) is 0 Å². The minimum atomic E-state index is -0.539. The average Bonchev–Trinajstić information content (AvgIpc) is 2.61. The zero-order valence-corrected chi connectivity index (χ0v) is 9.60. The summed E-state index contributed by atoms with van der Waals surface area (Å²) in [6.45, 7) is 6.88. The first-order valence-electron chi connectivity index (χ1n) is 4.44. The van der Waals surface area contributed by atoms with Gasteiger partial charge in [0, 0.05) is 25.6 Å². The van der Waals surface area contributed by atoms with Crippen molar-refractivity contribution in [3.63, 3.8) is 0 Å². The van der Waals surface area contributed by atoms with Crippen molar-refractivity contribution in [2.45, 2.75) is 5.54 Å². The van der Waals surface area contributed by atoms with Gasteiger partial charge in [-0.3, -0.25) is 4.90 Å². The fourth-order valence-corrected chi connectivity index (χ4v) is 2.06. The number of nitriles is 1. The van der Waals surface area contributed by atoms with Gasteiger partial charge in [0.25, 0.3) is 0 Å². The molecule has 14 heavy (non-hydrogen) atoms. The Morgan fingerprint density at radius 2 is 2.50 bits per heavy atom. The van der Waals surface area contributed by atoms with Crippen molar-refractivity contribution in [2.24, 2.45) is 16.1 Å². The molecule has 0 spiro atoms.